The first-order valence-corrected chi connectivity index (χ1v) is 5.76. The standard InChI is InChI=1S/C12H20N2O2/c1-5-11(15)12-9(3)13-14(10(12)4)7-8-16-6-2/h5-8H2,1-4H3. The molecule has 0 aliphatic carbocycles. The van der Waals surface area contributed by atoms with Gasteiger partial charge in [-0.05, 0) is 20.8 Å². The average molecular weight is 224 g/mol. The first kappa shape index (κ1) is 12.9. The van der Waals surface area contributed by atoms with Crippen molar-refractivity contribution in [3.8, 4) is 0 Å². The highest BCUT2D eigenvalue weighted by Gasteiger charge is 2.16. The van der Waals surface area contributed by atoms with Crippen LogP contribution in [-0.4, -0.2) is 28.8 Å². The van der Waals surface area contributed by atoms with E-state index in [2.05, 4.69) is 5.10 Å². The molecule has 0 fully saturated rings. The zero-order chi connectivity index (χ0) is 12.1. The SMILES string of the molecule is CCOCCn1nc(C)c(C(=O)CC)c1C. The highest BCUT2D eigenvalue weighted by molar-refractivity contribution is 5.97. The van der Waals surface area contributed by atoms with Gasteiger partial charge in [0.2, 0.25) is 0 Å². The van der Waals surface area contributed by atoms with E-state index < -0.39 is 0 Å². The minimum Gasteiger partial charge on any atom is -0.380 e. The Bertz CT molecular complexity index is 369. The summed E-state index contributed by atoms with van der Waals surface area (Å²) in [5.74, 6) is 0.164. The highest BCUT2D eigenvalue weighted by atomic mass is 16.5. The lowest BCUT2D eigenvalue weighted by Crippen LogP contribution is -2.09. The smallest absolute Gasteiger partial charge is 0.166 e. The Labute approximate surface area is 96.6 Å². The predicted molar refractivity (Wildman–Crippen MR) is 62.8 cm³/mol. The summed E-state index contributed by atoms with van der Waals surface area (Å²) in [7, 11) is 0. The van der Waals surface area contributed by atoms with Gasteiger partial charge in [-0.15, -0.1) is 0 Å². The minimum absolute atomic E-state index is 0.164. The molecule has 0 aliphatic rings. The van der Waals surface area contributed by atoms with Gasteiger partial charge in [-0.2, -0.15) is 5.10 Å². The van der Waals surface area contributed by atoms with Gasteiger partial charge in [0.1, 0.15) is 0 Å². The molecule has 0 N–H and O–H groups in total. The Morgan fingerprint density at radius 1 is 1.38 bits per heavy atom. The fraction of sp³-hybridized carbons (Fsp3) is 0.667. The summed E-state index contributed by atoms with van der Waals surface area (Å²) >= 11 is 0. The Hall–Kier alpha value is -1.16. The zero-order valence-corrected chi connectivity index (χ0v) is 10.5. The third kappa shape index (κ3) is 2.70. The van der Waals surface area contributed by atoms with Crippen LogP contribution in [0.4, 0.5) is 0 Å². The molecule has 0 saturated carbocycles. The number of aromatic nitrogens is 2. The van der Waals surface area contributed by atoms with Gasteiger partial charge in [0, 0.05) is 18.7 Å². The van der Waals surface area contributed by atoms with Gasteiger partial charge in [0.25, 0.3) is 0 Å². The van der Waals surface area contributed by atoms with E-state index in [0.29, 0.717) is 26.2 Å². The molecule has 4 nitrogen and oxygen atoms in total. The molecule has 90 valence electrons. The minimum atomic E-state index is 0.164. The van der Waals surface area contributed by atoms with Crippen LogP contribution in [0.2, 0.25) is 0 Å². The third-order valence-electron chi connectivity index (χ3n) is 2.63. The van der Waals surface area contributed by atoms with E-state index in [4.69, 9.17) is 4.74 Å². The Morgan fingerprint density at radius 2 is 2.06 bits per heavy atom. The van der Waals surface area contributed by atoms with E-state index in [1.807, 2.05) is 32.4 Å². The number of rotatable bonds is 6. The van der Waals surface area contributed by atoms with Crippen LogP contribution >= 0.6 is 0 Å². The number of ketones is 1. The lowest BCUT2D eigenvalue weighted by molar-refractivity contribution is 0.0986. The summed E-state index contributed by atoms with van der Waals surface area (Å²) in [4.78, 5) is 11.7. The van der Waals surface area contributed by atoms with Crippen molar-refractivity contribution in [1.82, 2.24) is 9.78 Å². The van der Waals surface area contributed by atoms with Crippen LogP contribution < -0.4 is 0 Å². The highest BCUT2D eigenvalue weighted by Crippen LogP contribution is 2.15. The number of hydrogen-bond donors (Lipinski definition) is 0. The van der Waals surface area contributed by atoms with Crippen molar-refractivity contribution in [2.75, 3.05) is 13.2 Å². The summed E-state index contributed by atoms with van der Waals surface area (Å²) in [6.07, 6.45) is 0.527. The molecule has 4 heteroatoms. The van der Waals surface area contributed by atoms with E-state index in [1.165, 1.54) is 0 Å². The summed E-state index contributed by atoms with van der Waals surface area (Å²) in [5.41, 5.74) is 2.55. The van der Waals surface area contributed by atoms with E-state index in [1.54, 1.807) is 0 Å². The van der Waals surface area contributed by atoms with Gasteiger partial charge in [0.15, 0.2) is 5.78 Å². The van der Waals surface area contributed by atoms with Crippen LogP contribution in [0.3, 0.4) is 0 Å². The monoisotopic (exact) mass is 224 g/mol. The Balaban J connectivity index is 2.84. The van der Waals surface area contributed by atoms with Crippen molar-refractivity contribution < 1.29 is 9.53 Å². The normalized spacial score (nSPS) is 10.8. The quantitative estimate of drug-likeness (QED) is 0.549. The lowest BCUT2D eigenvalue weighted by atomic mass is 10.1. The molecular weight excluding hydrogens is 204 g/mol. The summed E-state index contributed by atoms with van der Waals surface area (Å²) in [6.45, 7) is 9.71. The number of ether oxygens (including phenoxy) is 1. The van der Waals surface area contributed by atoms with Crippen LogP contribution in [0.15, 0.2) is 0 Å². The fourth-order valence-corrected chi connectivity index (χ4v) is 1.79. The van der Waals surface area contributed by atoms with Crippen LogP contribution in [-0.2, 0) is 11.3 Å². The third-order valence-corrected chi connectivity index (χ3v) is 2.63. The Morgan fingerprint density at radius 3 is 2.62 bits per heavy atom. The largest absolute Gasteiger partial charge is 0.380 e. The molecule has 1 aromatic rings. The molecule has 1 aromatic heterocycles. The van der Waals surface area contributed by atoms with Gasteiger partial charge in [0.05, 0.1) is 24.4 Å². The van der Waals surface area contributed by atoms with Crippen LogP contribution in [0.25, 0.3) is 0 Å². The second kappa shape index (κ2) is 5.80. The maximum Gasteiger partial charge on any atom is 0.166 e. The molecule has 16 heavy (non-hydrogen) atoms. The number of aryl methyl sites for hydroxylation is 1. The first-order valence-electron chi connectivity index (χ1n) is 5.76. The van der Waals surface area contributed by atoms with Gasteiger partial charge in [-0.1, -0.05) is 6.92 Å². The van der Waals surface area contributed by atoms with Gasteiger partial charge >= 0.3 is 0 Å². The van der Waals surface area contributed by atoms with Gasteiger partial charge in [-0.3, -0.25) is 9.48 Å². The van der Waals surface area contributed by atoms with Crippen molar-refractivity contribution in [2.45, 2.75) is 40.7 Å². The van der Waals surface area contributed by atoms with E-state index in [-0.39, 0.29) is 5.78 Å². The van der Waals surface area contributed by atoms with Gasteiger partial charge in [-0.25, -0.2) is 0 Å². The van der Waals surface area contributed by atoms with Crippen molar-refractivity contribution in [1.29, 1.82) is 0 Å². The summed E-state index contributed by atoms with van der Waals surface area (Å²) in [6, 6.07) is 0. The number of carbonyl (C=O) groups is 1. The molecule has 0 unspecified atom stereocenters. The molecule has 1 rings (SSSR count). The molecule has 0 saturated heterocycles. The van der Waals surface area contributed by atoms with Crippen LogP contribution in [0.5, 0.6) is 0 Å². The molecule has 0 spiro atoms. The van der Waals surface area contributed by atoms with Crippen molar-refractivity contribution >= 4 is 5.78 Å². The van der Waals surface area contributed by atoms with Crippen LogP contribution in [0.1, 0.15) is 42.0 Å². The molecule has 0 radical (unpaired) electrons. The molecule has 1 heterocycles. The topological polar surface area (TPSA) is 44.1 Å². The predicted octanol–water partition coefficient (Wildman–Crippen LogP) is 2.13. The molecule has 0 aromatic carbocycles. The fourth-order valence-electron chi connectivity index (χ4n) is 1.79. The van der Waals surface area contributed by atoms with Crippen molar-refractivity contribution in [3.05, 3.63) is 17.0 Å². The average Bonchev–Trinajstić information content (AvgIpc) is 2.54. The molecule has 0 aliphatic heterocycles. The lowest BCUT2D eigenvalue weighted by Gasteiger charge is -2.04. The van der Waals surface area contributed by atoms with E-state index in [9.17, 15) is 4.79 Å². The molecule has 0 amide bonds. The maximum absolute atomic E-state index is 11.7. The second-order valence-corrected chi connectivity index (χ2v) is 3.74. The molecule has 0 atom stereocenters. The van der Waals surface area contributed by atoms with Crippen LogP contribution in [0, 0.1) is 13.8 Å². The number of hydrogen-bond acceptors (Lipinski definition) is 3. The van der Waals surface area contributed by atoms with Crippen molar-refractivity contribution in [3.63, 3.8) is 0 Å². The van der Waals surface area contributed by atoms with E-state index in [0.717, 1.165) is 17.0 Å². The first-order chi connectivity index (χ1) is 7.61. The Kier molecular flexibility index (Phi) is 4.68. The van der Waals surface area contributed by atoms with Crippen molar-refractivity contribution in [2.24, 2.45) is 0 Å². The molecular formula is C12H20N2O2. The number of carbonyl (C=O) groups excluding carboxylic acids is 1. The maximum atomic E-state index is 11.7. The summed E-state index contributed by atoms with van der Waals surface area (Å²) in [5, 5.41) is 4.37. The zero-order valence-electron chi connectivity index (χ0n) is 10.5. The molecule has 0 bridgehead atoms. The second-order valence-electron chi connectivity index (χ2n) is 3.74. The number of nitrogens with zero attached hydrogens (tertiary/aromatic N) is 2. The van der Waals surface area contributed by atoms with Gasteiger partial charge < -0.3 is 4.74 Å². The van der Waals surface area contributed by atoms with E-state index >= 15 is 0 Å². The number of Topliss-reactive ketones (excluding diaryl/α,β-unsaturated/α-hetero) is 1. The summed E-state index contributed by atoms with van der Waals surface area (Å²) < 4.78 is 7.14.